The largest absolute Gasteiger partial charge is 0.508 e. The molecule has 278 valence electrons. The van der Waals surface area contributed by atoms with Crippen LogP contribution in [0.2, 0.25) is 0 Å². The molecule has 10 nitrogen and oxygen atoms in total. The zero-order chi connectivity index (χ0) is 37.3. The highest BCUT2D eigenvalue weighted by Crippen LogP contribution is 2.47. The summed E-state index contributed by atoms with van der Waals surface area (Å²) in [5.41, 5.74) is -0.552. The number of anilines is 1. The highest BCUT2D eigenvalue weighted by molar-refractivity contribution is 6.04. The number of ether oxygens (including phenoxy) is 1. The zero-order valence-electron chi connectivity index (χ0n) is 29.8. The van der Waals surface area contributed by atoms with Crippen LogP contribution in [-0.2, 0) is 0 Å². The van der Waals surface area contributed by atoms with Crippen LogP contribution in [0.4, 0.5) is 23.8 Å². The number of carbonyl (C=O) groups is 1. The molecule has 2 unspecified atom stereocenters. The fourth-order valence-corrected chi connectivity index (χ4v) is 8.62. The molecular formula is C41H40F3N7O3. The molecule has 2 aliphatic carbocycles. The number of carbonyl (C=O) groups excluding carboxylic acids is 1. The van der Waals surface area contributed by atoms with Gasteiger partial charge in [-0.05, 0) is 80.9 Å². The molecule has 2 amide bonds. The summed E-state index contributed by atoms with van der Waals surface area (Å²) >= 11 is 0. The van der Waals surface area contributed by atoms with E-state index in [1.807, 2.05) is 9.80 Å². The molecular weight excluding hydrogens is 695 g/mol. The number of terminal acetylenes is 2. The number of urea groups is 1. The molecule has 9 rings (SSSR count). The van der Waals surface area contributed by atoms with Gasteiger partial charge in [-0.15, -0.1) is 12.8 Å². The lowest BCUT2D eigenvalue weighted by atomic mass is 9.95. The number of alkyl halides is 1. The van der Waals surface area contributed by atoms with Crippen molar-refractivity contribution in [1.29, 1.82) is 0 Å². The number of nitrogens with one attached hydrogen (secondary N) is 1. The van der Waals surface area contributed by atoms with Gasteiger partial charge in [-0.25, -0.2) is 22.9 Å². The van der Waals surface area contributed by atoms with E-state index < -0.39 is 17.8 Å². The Bertz CT molecular complexity index is 2260. The number of phenols is 1. The third-order valence-corrected chi connectivity index (χ3v) is 11.8. The molecule has 2 saturated carbocycles. The van der Waals surface area contributed by atoms with Gasteiger partial charge in [0.1, 0.15) is 40.5 Å². The first-order chi connectivity index (χ1) is 26.1. The highest BCUT2D eigenvalue weighted by atomic mass is 19.1. The maximum Gasteiger partial charge on any atom is 0.319 e. The number of hydrogen-bond donors (Lipinski definition) is 2. The van der Waals surface area contributed by atoms with Crippen molar-refractivity contribution >= 4 is 33.5 Å². The SMILES string of the molecule is C#Cc1c(F)ccc2cc(O)cc(-c3nc(C#C)c4c(N5CC6CCC(C5)N6C(=O)NC5CC5)nc(OCC5(CN6CCC(F)CC6)CC5)nc4c3F)c12. The van der Waals surface area contributed by atoms with Crippen molar-refractivity contribution in [3.8, 4) is 47.7 Å². The van der Waals surface area contributed by atoms with Crippen molar-refractivity contribution in [1.82, 2.24) is 30.1 Å². The molecule has 0 spiro atoms. The Hall–Kier alpha value is -5.27. The van der Waals surface area contributed by atoms with Crippen LogP contribution < -0.4 is 15.0 Å². The third-order valence-electron chi connectivity index (χ3n) is 11.8. The smallest absolute Gasteiger partial charge is 0.319 e. The van der Waals surface area contributed by atoms with E-state index in [9.17, 15) is 14.3 Å². The normalized spacial score (nSPS) is 22.3. The lowest BCUT2D eigenvalue weighted by molar-refractivity contribution is 0.107. The summed E-state index contributed by atoms with van der Waals surface area (Å²) in [4.78, 5) is 33.6. The first-order valence-electron chi connectivity index (χ1n) is 18.8. The summed E-state index contributed by atoms with van der Waals surface area (Å²) in [6, 6.07) is 5.28. The van der Waals surface area contributed by atoms with E-state index in [0.717, 1.165) is 45.1 Å². The molecule has 5 aliphatic rings. The van der Waals surface area contributed by atoms with E-state index >= 15 is 8.78 Å². The van der Waals surface area contributed by atoms with Crippen molar-refractivity contribution in [2.45, 2.75) is 75.7 Å². The minimum atomic E-state index is -0.864. The fourth-order valence-electron chi connectivity index (χ4n) is 8.62. The van der Waals surface area contributed by atoms with Gasteiger partial charge in [0.25, 0.3) is 0 Å². The molecule has 2 aromatic carbocycles. The van der Waals surface area contributed by atoms with Crippen LogP contribution in [0.3, 0.4) is 0 Å². The molecule has 2 N–H and O–H groups in total. The van der Waals surface area contributed by atoms with Crippen molar-refractivity contribution in [3.63, 3.8) is 0 Å². The number of nitrogens with zero attached hydrogens (tertiary/aromatic N) is 6. The van der Waals surface area contributed by atoms with Crippen molar-refractivity contribution < 1.29 is 27.8 Å². The van der Waals surface area contributed by atoms with Crippen LogP contribution in [0.5, 0.6) is 11.8 Å². The highest BCUT2D eigenvalue weighted by Gasteiger charge is 2.47. The number of likely N-dealkylation sites (tertiary alicyclic amines) is 1. The van der Waals surface area contributed by atoms with Crippen LogP contribution in [-0.4, -0.2) is 99.5 Å². The number of piperazine rings is 1. The van der Waals surface area contributed by atoms with Gasteiger partial charge < -0.3 is 29.9 Å². The van der Waals surface area contributed by atoms with E-state index in [2.05, 4.69) is 32.0 Å². The van der Waals surface area contributed by atoms with E-state index in [0.29, 0.717) is 50.2 Å². The number of pyridine rings is 1. The summed E-state index contributed by atoms with van der Waals surface area (Å²) in [6.07, 6.45) is 17.6. The number of phenolic OH excluding ortho intramolecular Hbond substituents is 1. The summed E-state index contributed by atoms with van der Waals surface area (Å²) in [5.74, 6) is 3.58. The molecule has 13 heteroatoms. The molecule has 3 saturated heterocycles. The standard InChI is InChI=1S/C41H40F3N7O3/c1-3-29-31(43)10-5-23-17-28(52)18-30(33(23)29)36-35(44)37-34(32(4-2)46-36)38(50-19-26-8-9-27(20-50)51(26)40(53)45-25-6-7-25)48-39(47-37)54-22-41(13-14-41)21-49-15-11-24(42)12-16-49/h1-2,5,10,17-18,24-27,52H,6-9,11-16,19-22H2,(H,45,53). The van der Waals surface area contributed by atoms with Gasteiger partial charge >= 0.3 is 12.0 Å². The number of fused-ring (bicyclic) bond motifs is 4. The van der Waals surface area contributed by atoms with Crippen molar-refractivity contribution in [3.05, 3.63) is 47.2 Å². The second kappa shape index (κ2) is 13.2. The first kappa shape index (κ1) is 34.5. The minimum absolute atomic E-state index is 0.0392. The Kier molecular flexibility index (Phi) is 8.46. The molecule has 0 radical (unpaired) electrons. The van der Waals surface area contributed by atoms with Gasteiger partial charge in [0, 0.05) is 55.1 Å². The molecule has 5 fully saturated rings. The summed E-state index contributed by atoms with van der Waals surface area (Å²) in [6.45, 7) is 3.30. The first-order valence-corrected chi connectivity index (χ1v) is 18.8. The Morgan fingerprint density at radius 1 is 0.981 bits per heavy atom. The van der Waals surface area contributed by atoms with Gasteiger partial charge in [-0.3, -0.25) is 0 Å². The van der Waals surface area contributed by atoms with Gasteiger partial charge in [0.2, 0.25) is 0 Å². The molecule has 2 aromatic heterocycles. The molecule has 3 aliphatic heterocycles. The number of aromatic hydroxyl groups is 1. The second-order valence-corrected chi connectivity index (χ2v) is 15.6. The third kappa shape index (κ3) is 6.18. The van der Waals surface area contributed by atoms with Crippen LogP contribution in [0.1, 0.15) is 62.6 Å². The second-order valence-electron chi connectivity index (χ2n) is 15.6. The van der Waals surface area contributed by atoms with E-state index in [1.54, 1.807) is 0 Å². The Morgan fingerprint density at radius 2 is 1.72 bits per heavy atom. The van der Waals surface area contributed by atoms with E-state index in [1.165, 1.54) is 24.3 Å². The quantitative estimate of drug-likeness (QED) is 0.216. The van der Waals surface area contributed by atoms with Crippen LogP contribution in [0.25, 0.3) is 32.9 Å². The molecule has 54 heavy (non-hydrogen) atoms. The predicted molar refractivity (Wildman–Crippen MR) is 198 cm³/mol. The molecule has 2 atom stereocenters. The Balaban J connectivity index is 1.14. The summed E-state index contributed by atoms with van der Waals surface area (Å²) in [7, 11) is 0. The summed E-state index contributed by atoms with van der Waals surface area (Å²) < 4.78 is 52.5. The number of aromatic nitrogens is 3. The molecule has 4 aromatic rings. The number of hydrogen-bond acceptors (Lipinski definition) is 8. The molecule has 2 bridgehead atoms. The van der Waals surface area contributed by atoms with Gasteiger partial charge in [-0.1, -0.05) is 12.0 Å². The average Bonchev–Trinajstić information content (AvgIpc) is 4.11. The van der Waals surface area contributed by atoms with Crippen LogP contribution in [0, 0.1) is 41.7 Å². The number of piperidine rings is 1. The number of halogens is 3. The van der Waals surface area contributed by atoms with Crippen LogP contribution >= 0.6 is 0 Å². The predicted octanol–water partition coefficient (Wildman–Crippen LogP) is 5.91. The van der Waals surface area contributed by atoms with Gasteiger partial charge in [0.05, 0.1) is 29.6 Å². The maximum atomic E-state index is 17.3. The van der Waals surface area contributed by atoms with E-state index in [4.69, 9.17) is 22.6 Å². The minimum Gasteiger partial charge on any atom is -0.508 e. The molecule has 5 heterocycles. The van der Waals surface area contributed by atoms with E-state index in [-0.39, 0.29) is 86.7 Å². The maximum absolute atomic E-state index is 17.3. The number of benzene rings is 2. The number of rotatable bonds is 8. The van der Waals surface area contributed by atoms with Crippen molar-refractivity contribution in [2.24, 2.45) is 5.41 Å². The monoisotopic (exact) mass is 735 g/mol. The van der Waals surface area contributed by atoms with Crippen molar-refractivity contribution in [2.75, 3.05) is 44.2 Å². The summed E-state index contributed by atoms with van der Waals surface area (Å²) in [5, 5.41) is 14.6. The van der Waals surface area contributed by atoms with Gasteiger partial charge in [0.15, 0.2) is 5.82 Å². The average molecular weight is 736 g/mol. The van der Waals surface area contributed by atoms with Crippen LogP contribution in [0.15, 0.2) is 24.3 Å². The zero-order valence-corrected chi connectivity index (χ0v) is 29.8. The Morgan fingerprint density at radius 3 is 2.39 bits per heavy atom. The lowest BCUT2D eigenvalue weighted by Gasteiger charge is -2.41. The fraction of sp³-hybridized carbons (Fsp3) is 0.463. The lowest BCUT2D eigenvalue weighted by Crippen LogP contribution is -2.58. The Labute approximate surface area is 311 Å². The van der Waals surface area contributed by atoms with Gasteiger partial charge in [-0.2, -0.15) is 9.97 Å². The topological polar surface area (TPSA) is 107 Å². The number of amides is 2.